The van der Waals surface area contributed by atoms with Crippen LogP contribution >= 0.6 is 0 Å². The van der Waals surface area contributed by atoms with Crippen LogP contribution in [0.25, 0.3) is 0 Å². The number of carbonyl (C=O) groups is 1. The van der Waals surface area contributed by atoms with Gasteiger partial charge in [-0.3, -0.25) is 0 Å². The Balaban J connectivity index is 2.07. The summed E-state index contributed by atoms with van der Waals surface area (Å²) in [6.45, 7) is 0.103. The van der Waals surface area contributed by atoms with Gasteiger partial charge < -0.3 is 14.6 Å². The molecule has 1 aliphatic heterocycles. The predicted octanol–water partition coefficient (Wildman–Crippen LogP) is 0.699. The minimum atomic E-state index is -0.964. The Morgan fingerprint density at radius 1 is 1.62 bits per heavy atom. The molecule has 0 amide bonds. The van der Waals surface area contributed by atoms with Gasteiger partial charge in [-0.25, -0.2) is 4.79 Å². The maximum atomic E-state index is 10.6. The molecule has 2 unspecified atom stereocenters. The molecule has 0 saturated carbocycles. The van der Waals surface area contributed by atoms with Crippen LogP contribution in [0.1, 0.15) is 6.42 Å². The van der Waals surface area contributed by atoms with E-state index in [1.165, 1.54) is 0 Å². The van der Waals surface area contributed by atoms with Crippen molar-refractivity contribution in [3.63, 3.8) is 0 Å². The summed E-state index contributed by atoms with van der Waals surface area (Å²) in [7, 11) is 0. The molecule has 0 bridgehead atoms. The molecule has 4 heteroatoms. The molecule has 4 nitrogen and oxygen atoms in total. The van der Waals surface area contributed by atoms with Crippen LogP contribution in [0, 0.1) is 0 Å². The van der Waals surface area contributed by atoms with E-state index in [0.29, 0.717) is 6.42 Å². The van der Waals surface area contributed by atoms with E-state index in [4.69, 9.17) is 14.6 Å². The summed E-state index contributed by atoms with van der Waals surface area (Å²) in [6.07, 6.45) is 5.29. The van der Waals surface area contributed by atoms with Crippen molar-refractivity contribution < 1.29 is 19.4 Å². The third-order valence-electron chi connectivity index (χ3n) is 2.07. The summed E-state index contributed by atoms with van der Waals surface area (Å²) in [5.74, 6) is -0.228. The molecule has 0 radical (unpaired) electrons. The van der Waals surface area contributed by atoms with Gasteiger partial charge in [0.05, 0.1) is 0 Å². The topological polar surface area (TPSA) is 55.8 Å². The molecule has 1 saturated heterocycles. The molecule has 1 aliphatic carbocycles. The first-order chi connectivity index (χ1) is 6.27. The van der Waals surface area contributed by atoms with Crippen LogP contribution in [0.5, 0.6) is 0 Å². The van der Waals surface area contributed by atoms with E-state index in [-0.39, 0.29) is 12.7 Å². The average Bonchev–Trinajstić information content (AvgIpc) is 2.17. The van der Waals surface area contributed by atoms with Crippen molar-refractivity contribution in [1.29, 1.82) is 0 Å². The van der Waals surface area contributed by atoms with Crippen molar-refractivity contribution in [2.24, 2.45) is 0 Å². The third-order valence-corrected chi connectivity index (χ3v) is 2.07. The minimum absolute atomic E-state index is 0.103. The van der Waals surface area contributed by atoms with Crippen LogP contribution in [0.4, 0.5) is 0 Å². The van der Waals surface area contributed by atoms with Crippen molar-refractivity contribution in [3.8, 4) is 0 Å². The van der Waals surface area contributed by atoms with E-state index in [2.05, 4.69) is 0 Å². The maximum Gasteiger partial charge on any atom is 0.336 e. The van der Waals surface area contributed by atoms with Crippen LogP contribution in [0.15, 0.2) is 24.0 Å². The van der Waals surface area contributed by atoms with Crippen LogP contribution < -0.4 is 0 Å². The number of carboxylic acid groups (broad SMARTS) is 1. The van der Waals surface area contributed by atoms with Gasteiger partial charge in [0.15, 0.2) is 6.10 Å². The molecule has 70 valence electrons. The summed E-state index contributed by atoms with van der Waals surface area (Å²) >= 11 is 0. The van der Waals surface area contributed by atoms with E-state index < -0.39 is 12.1 Å². The standard InChI is InChI=1S/C9H10O4/c10-9(11)8-5-12-6-3-1-2-4-7(6)13-8/h1-3,7-8H,4-5H2,(H,10,11). The molecule has 2 atom stereocenters. The molecule has 1 N–H and O–H groups in total. The van der Waals surface area contributed by atoms with Gasteiger partial charge in [0.1, 0.15) is 18.5 Å². The first kappa shape index (κ1) is 8.31. The number of allylic oxidation sites excluding steroid dienone is 2. The van der Waals surface area contributed by atoms with E-state index in [1.54, 1.807) is 0 Å². The van der Waals surface area contributed by atoms with Crippen molar-refractivity contribution in [1.82, 2.24) is 0 Å². The van der Waals surface area contributed by atoms with Gasteiger partial charge in [-0.05, 0) is 12.5 Å². The lowest BCUT2D eigenvalue weighted by molar-refractivity contribution is -0.167. The van der Waals surface area contributed by atoms with Crippen molar-refractivity contribution in [2.75, 3.05) is 6.61 Å². The zero-order chi connectivity index (χ0) is 9.26. The fraction of sp³-hybridized carbons (Fsp3) is 0.444. The lowest BCUT2D eigenvalue weighted by atomic mass is 10.1. The fourth-order valence-electron chi connectivity index (χ4n) is 1.39. The van der Waals surface area contributed by atoms with E-state index in [0.717, 1.165) is 5.76 Å². The Morgan fingerprint density at radius 3 is 3.23 bits per heavy atom. The molecule has 0 aromatic carbocycles. The highest BCUT2D eigenvalue weighted by atomic mass is 16.6. The predicted molar refractivity (Wildman–Crippen MR) is 44.1 cm³/mol. The molecule has 0 aromatic heterocycles. The Kier molecular flexibility index (Phi) is 2.06. The molecule has 2 aliphatic rings. The molecular weight excluding hydrogens is 172 g/mol. The number of fused-ring (bicyclic) bond motifs is 1. The summed E-state index contributed by atoms with van der Waals surface area (Å²) < 4.78 is 10.6. The second-order valence-corrected chi connectivity index (χ2v) is 3.00. The van der Waals surface area contributed by atoms with Gasteiger partial charge >= 0.3 is 5.97 Å². The highest BCUT2D eigenvalue weighted by Gasteiger charge is 2.32. The normalized spacial score (nSPS) is 31.5. The summed E-state index contributed by atoms with van der Waals surface area (Å²) in [6, 6.07) is 0. The lowest BCUT2D eigenvalue weighted by Gasteiger charge is -2.31. The average molecular weight is 182 g/mol. The Labute approximate surface area is 75.5 Å². The second kappa shape index (κ2) is 3.22. The molecule has 0 spiro atoms. The highest BCUT2D eigenvalue weighted by molar-refractivity contribution is 5.72. The number of hydrogen-bond acceptors (Lipinski definition) is 3. The molecule has 1 heterocycles. The zero-order valence-electron chi connectivity index (χ0n) is 6.97. The summed E-state index contributed by atoms with van der Waals surface area (Å²) in [5, 5.41) is 8.69. The van der Waals surface area contributed by atoms with E-state index in [1.807, 2.05) is 18.2 Å². The molecule has 13 heavy (non-hydrogen) atoms. The van der Waals surface area contributed by atoms with Gasteiger partial charge in [-0.15, -0.1) is 0 Å². The largest absolute Gasteiger partial charge is 0.492 e. The fourth-order valence-corrected chi connectivity index (χ4v) is 1.39. The maximum absolute atomic E-state index is 10.6. The molecule has 0 aromatic rings. The van der Waals surface area contributed by atoms with Gasteiger partial charge in [-0.1, -0.05) is 12.2 Å². The third kappa shape index (κ3) is 1.58. The van der Waals surface area contributed by atoms with Crippen LogP contribution in [-0.2, 0) is 14.3 Å². The van der Waals surface area contributed by atoms with Crippen LogP contribution in [0.2, 0.25) is 0 Å². The van der Waals surface area contributed by atoms with E-state index in [9.17, 15) is 4.79 Å². The highest BCUT2D eigenvalue weighted by Crippen LogP contribution is 2.24. The van der Waals surface area contributed by atoms with Gasteiger partial charge in [0, 0.05) is 0 Å². The molecule has 1 fully saturated rings. The van der Waals surface area contributed by atoms with Crippen molar-refractivity contribution >= 4 is 5.97 Å². The van der Waals surface area contributed by atoms with E-state index >= 15 is 0 Å². The lowest BCUT2D eigenvalue weighted by Crippen LogP contribution is -2.40. The first-order valence-corrected chi connectivity index (χ1v) is 4.15. The molecule has 2 rings (SSSR count). The van der Waals surface area contributed by atoms with Gasteiger partial charge in [0.25, 0.3) is 0 Å². The summed E-state index contributed by atoms with van der Waals surface area (Å²) in [5.41, 5.74) is 0. The number of aliphatic carboxylic acids is 1. The monoisotopic (exact) mass is 182 g/mol. The second-order valence-electron chi connectivity index (χ2n) is 3.00. The van der Waals surface area contributed by atoms with Gasteiger partial charge in [-0.2, -0.15) is 0 Å². The Hall–Kier alpha value is -1.29. The number of rotatable bonds is 1. The van der Waals surface area contributed by atoms with Crippen LogP contribution in [-0.4, -0.2) is 29.9 Å². The summed E-state index contributed by atoms with van der Waals surface area (Å²) in [4.78, 5) is 10.6. The smallest absolute Gasteiger partial charge is 0.336 e. The molecular formula is C9H10O4. The van der Waals surface area contributed by atoms with Crippen molar-refractivity contribution in [2.45, 2.75) is 18.6 Å². The zero-order valence-corrected chi connectivity index (χ0v) is 6.97. The quantitative estimate of drug-likeness (QED) is 0.648. The number of hydrogen-bond donors (Lipinski definition) is 1. The SMILES string of the molecule is O=C(O)C1COC2=CC=CCC2O1. The number of ether oxygens (including phenoxy) is 2. The minimum Gasteiger partial charge on any atom is -0.492 e. The number of carboxylic acids is 1. The Bertz CT molecular complexity index is 279. The Morgan fingerprint density at radius 2 is 2.46 bits per heavy atom. The van der Waals surface area contributed by atoms with Crippen LogP contribution in [0.3, 0.4) is 0 Å². The van der Waals surface area contributed by atoms with Gasteiger partial charge in [0.2, 0.25) is 0 Å². The first-order valence-electron chi connectivity index (χ1n) is 4.15. The van der Waals surface area contributed by atoms with Crippen molar-refractivity contribution in [3.05, 3.63) is 24.0 Å².